The molecule has 2 N–H and O–H groups in total. The number of aryl methyl sites for hydroxylation is 2. The maximum absolute atomic E-state index is 12.8. The average Bonchev–Trinajstić information content (AvgIpc) is 3.15. The third-order valence-corrected chi connectivity index (χ3v) is 4.74. The average molecular weight is 351 g/mol. The number of anilines is 1. The second kappa shape index (κ2) is 7.20. The number of nitrogens with zero attached hydrogens (tertiary/aromatic N) is 1. The predicted octanol–water partition coefficient (Wildman–Crippen LogP) is 4.71. The molecular weight excluding hydrogens is 326 g/mol. The minimum Gasteiger partial charge on any atom is -0.354 e. The lowest BCUT2D eigenvalue weighted by atomic mass is 10.0. The molecule has 0 fully saturated rings. The molecule has 0 spiro atoms. The quantitative estimate of drug-likeness (QED) is 0.632. The number of amides is 1. The Labute approximate surface area is 153 Å². The van der Waals surface area contributed by atoms with Crippen molar-refractivity contribution in [1.82, 2.24) is 9.55 Å². The number of ketones is 1. The summed E-state index contributed by atoms with van der Waals surface area (Å²) in [6.45, 7) is 8.44. The number of Topliss-reactive ketones (excluding diaryl/α,β-unsaturated/α-hetero) is 1. The van der Waals surface area contributed by atoms with E-state index in [0.29, 0.717) is 17.7 Å². The standard InChI is InChI=1S/C21H25N3O2/c1-5-7-17-19(14(4)25)13(3)22-20(17)21(26)23-16-8-9-18-15(12-16)10-11-24(18)6-2/h8-12,22H,5-7H2,1-4H3,(H,23,26). The monoisotopic (exact) mass is 351 g/mol. The fraction of sp³-hybridized carbons (Fsp3) is 0.333. The molecule has 136 valence electrons. The third kappa shape index (κ3) is 3.17. The van der Waals surface area contributed by atoms with Crippen LogP contribution < -0.4 is 5.32 Å². The molecule has 0 aliphatic carbocycles. The van der Waals surface area contributed by atoms with Crippen molar-refractivity contribution in [3.05, 3.63) is 53.0 Å². The van der Waals surface area contributed by atoms with E-state index in [2.05, 4.69) is 21.8 Å². The molecule has 3 rings (SSSR count). The van der Waals surface area contributed by atoms with Crippen LogP contribution in [0.4, 0.5) is 5.69 Å². The van der Waals surface area contributed by atoms with E-state index in [4.69, 9.17) is 0 Å². The van der Waals surface area contributed by atoms with Gasteiger partial charge in [0, 0.05) is 40.6 Å². The Bertz CT molecular complexity index is 979. The van der Waals surface area contributed by atoms with Crippen molar-refractivity contribution in [1.29, 1.82) is 0 Å². The first kappa shape index (κ1) is 18.0. The van der Waals surface area contributed by atoms with E-state index in [1.807, 2.05) is 44.3 Å². The minimum absolute atomic E-state index is 0.0106. The Morgan fingerprint density at radius 3 is 2.62 bits per heavy atom. The number of fused-ring (bicyclic) bond motifs is 1. The zero-order valence-electron chi connectivity index (χ0n) is 15.8. The third-order valence-electron chi connectivity index (χ3n) is 4.74. The van der Waals surface area contributed by atoms with Crippen molar-refractivity contribution in [3.8, 4) is 0 Å². The lowest BCUT2D eigenvalue weighted by Gasteiger charge is -2.08. The molecule has 0 saturated heterocycles. The van der Waals surface area contributed by atoms with Gasteiger partial charge in [0.1, 0.15) is 5.69 Å². The molecule has 2 aromatic heterocycles. The summed E-state index contributed by atoms with van der Waals surface area (Å²) in [4.78, 5) is 27.9. The van der Waals surface area contributed by atoms with Gasteiger partial charge < -0.3 is 14.9 Å². The topological polar surface area (TPSA) is 66.9 Å². The number of hydrogen-bond donors (Lipinski definition) is 2. The van der Waals surface area contributed by atoms with Gasteiger partial charge in [-0.15, -0.1) is 0 Å². The molecule has 0 bridgehead atoms. The summed E-state index contributed by atoms with van der Waals surface area (Å²) in [7, 11) is 0. The number of benzene rings is 1. The van der Waals surface area contributed by atoms with E-state index < -0.39 is 0 Å². The largest absolute Gasteiger partial charge is 0.354 e. The summed E-state index contributed by atoms with van der Waals surface area (Å²) in [5.74, 6) is -0.220. The van der Waals surface area contributed by atoms with Gasteiger partial charge in [0.25, 0.3) is 5.91 Å². The molecule has 3 aromatic rings. The van der Waals surface area contributed by atoms with Crippen LogP contribution in [0.15, 0.2) is 30.5 Å². The van der Waals surface area contributed by atoms with Crippen molar-refractivity contribution < 1.29 is 9.59 Å². The highest BCUT2D eigenvalue weighted by atomic mass is 16.2. The van der Waals surface area contributed by atoms with Crippen LogP contribution in [0, 0.1) is 6.92 Å². The lowest BCUT2D eigenvalue weighted by Crippen LogP contribution is -2.15. The number of rotatable bonds is 6. The summed E-state index contributed by atoms with van der Waals surface area (Å²) in [6, 6.07) is 7.94. The van der Waals surface area contributed by atoms with Crippen LogP contribution in [0.3, 0.4) is 0 Å². The molecule has 0 unspecified atom stereocenters. The first-order valence-electron chi connectivity index (χ1n) is 9.08. The summed E-state index contributed by atoms with van der Waals surface area (Å²) in [5.41, 5.74) is 4.59. The molecule has 0 saturated carbocycles. The molecule has 0 radical (unpaired) electrons. The zero-order chi connectivity index (χ0) is 18.8. The molecule has 5 nitrogen and oxygen atoms in total. The Balaban J connectivity index is 1.93. The second-order valence-corrected chi connectivity index (χ2v) is 6.61. The van der Waals surface area contributed by atoms with Gasteiger partial charge in [0.05, 0.1) is 0 Å². The van der Waals surface area contributed by atoms with Gasteiger partial charge in [-0.2, -0.15) is 0 Å². The second-order valence-electron chi connectivity index (χ2n) is 6.61. The number of H-pyrrole nitrogens is 1. The number of carbonyl (C=O) groups is 2. The van der Waals surface area contributed by atoms with Crippen LogP contribution in [-0.2, 0) is 13.0 Å². The van der Waals surface area contributed by atoms with E-state index in [9.17, 15) is 9.59 Å². The van der Waals surface area contributed by atoms with E-state index in [0.717, 1.165) is 40.8 Å². The molecule has 5 heteroatoms. The molecule has 0 aliphatic rings. The van der Waals surface area contributed by atoms with E-state index >= 15 is 0 Å². The van der Waals surface area contributed by atoms with E-state index in [1.165, 1.54) is 0 Å². The molecule has 0 atom stereocenters. The predicted molar refractivity (Wildman–Crippen MR) is 105 cm³/mol. The number of carbonyl (C=O) groups excluding carboxylic acids is 2. The first-order chi connectivity index (χ1) is 12.5. The van der Waals surface area contributed by atoms with Gasteiger partial charge >= 0.3 is 0 Å². The SMILES string of the molecule is CCCc1c(C(=O)Nc2ccc3c(ccn3CC)c2)[nH]c(C)c1C(C)=O. The van der Waals surface area contributed by atoms with Gasteiger partial charge in [-0.3, -0.25) is 9.59 Å². The van der Waals surface area contributed by atoms with Gasteiger partial charge in [0.15, 0.2) is 5.78 Å². The van der Waals surface area contributed by atoms with Crippen LogP contribution in [0.2, 0.25) is 0 Å². The highest BCUT2D eigenvalue weighted by Crippen LogP contribution is 2.24. The van der Waals surface area contributed by atoms with E-state index in [-0.39, 0.29) is 11.7 Å². The van der Waals surface area contributed by atoms with Crippen molar-refractivity contribution in [2.24, 2.45) is 0 Å². The maximum atomic E-state index is 12.8. The first-order valence-corrected chi connectivity index (χ1v) is 9.08. The normalized spacial score (nSPS) is 11.1. The number of aromatic nitrogens is 2. The molecular formula is C21H25N3O2. The van der Waals surface area contributed by atoms with Crippen LogP contribution in [0.1, 0.15) is 59.3 Å². The number of nitrogens with one attached hydrogen (secondary N) is 2. The highest BCUT2D eigenvalue weighted by molar-refractivity contribution is 6.08. The Kier molecular flexibility index (Phi) is 4.98. The van der Waals surface area contributed by atoms with Crippen molar-refractivity contribution in [3.63, 3.8) is 0 Å². The Morgan fingerprint density at radius 1 is 1.19 bits per heavy atom. The summed E-state index contributed by atoms with van der Waals surface area (Å²) in [5, 5.41) is 4.05. The van der Waals surface area contributed by atoms with Crippen LogP contribution in [-0.4, -0.2) is 21.2 Å². The fourth-order valence-electron chi connectivity index (χ4n) is 3.59. The van der Waals surface area contributed by atoms with Gasteiger partial charge in [0.2, 0.25) is 0 Å². The van der Waals surface area contributed by atoms with E-state index in [1.54, 1.807) is 6.92 Å². The molecule has 2 heterocycles. The molecule has 26 heavy (non-hydrogen) atoms. The number of aromatic amines is 1. The van der Waals surface area contributed by atoms with Crippen molar-refractivity contribution in [2.75, 3.05) is 5.32 Å². The van der Waals surface area contributed by atoms with Crippen LogP contribution in [0.5, 0.6) is 0 Å². The van der Waals surface area contributed by atoms with Gasteiger partial charge in [-0.1, -0.05) is 13.3 Å². The minimum atomic E-state index is -0.210. The Morgan fingerprint density at radius 2 is 1.96 bits per heavy atom. The zero-order valence-corrected chi connectivity index (χ0v) is 15.8. The van der Waals surface area contributed by atoms with Gasteiger partial charge in [-0.25, -0.2) is 0 Å². The van der Waals surface area contributed by atoms with Crippen LogP contribution >= 0.6 is 0 Å². The Hall–Kier alpha value is -2.82. The summed E-state index contributed by atoms with van der Waals surface area (Å²) >= 11 is 0. The molecule has 1 amide bonds. The maximum Gasteiger partial charge on any atom is 0.272 e. The lowest BCUT2D eigenvalue weighted by molar-refractivity contribution is 0.101. The van der Waals surface area contributed by atoms with Crippen molar-refractivity contribution in [2.45, 2.75) is 47.1 Å². The fourth-order valence-corrected chi connectivity index (χ4v) is 3.59. The molecule has 1 aromatic carbocycles. The highest BCUT2D eigenvalue weighted by Gasteiger charge is 2.22. The van der Waals surface area contributed by atoms with Crippen molar-refractivity contribution >= 4 is 28.3 Å². The van der Waals surface area contributed by atoms with Crippen LogP contribution in [0.25, 0.3) is 10.9 Å². The summed E-state index contributed by atoms with van der Waals surface area (Å²) < 4.78 is 2.16. The number of hydrogen-bond acceptors (Lipinski definition) is 2. The smallest absolute Gasteiger partial charge is 0.272 e. The summed E-state index contributed by atoms with van der Waals surface area (Å²) in [6.07, 6.45) is 3.61. The molecule has 0 aliphatic heterocycles. The van der Waals surface area contributed by atoms with Gasteiger partial charge in [-0.05, 0) is 57.0 Å².